The molecule has 0 radical (unpaired) electrons. The molecule has 26 heavy (non-hydrogen) atoms. The standard InChI is InChI=1S/C19H33N3O4/c1-14(2)11-20-19(26)22-10-4-6-16(13-22)18(25)21-9-3-5-15(12-21)7-8-17(23)24/h14-16H,3-13H2,1-2H3,(H,20,26)(H,23,24). The number of amides is 3. The van der Waals surface area contributed by atoms with E-state index in [1.807, 2.05) is 4.90 Å². The number of urea groups is 1. The van der Waals surface area contributed by atoms with E-state index in [2.05, 4.69) is 19.2 Å². The number of carbonyl (C=O) groups is 3. The number of carboxylic acids is 1. The lowest BCUT2D eigenvalue weighted by molar-refractivity contribution is -0.139. The molecule has 0 aliphatic carbocycles. The van der Waals surface area contributed by atoms with Crippen LogP contribution in [0.3, 0.4) is 0 Å². The second-order valence-electron chi connectivity index (χ2n) is 8.09. The molecule has 2 rings (SSSR count). The molecular weight excluding hydrogens is 334 g/mol. The van der Waals surface area contributed by atoms with E-state index in [0.29, 0.717) is 38.5 Å². The third-order valence-corrected chi connectivity index (χ3v) is 5.32. The molecule has 0 saturated carbocycles. The first-order valence-electron chi connectivity index (χ1n) is 9.90. The Bertz CT molecular complexity index is 509. The fraction of sp³-hybridized carbons (Fsp3) is 0.842. The van der Waals surface area contributed by atoms with E-state index in [9.17, 15) is 14.4 Å². The number of rotatable bonds is 6. The zero-order chi connectivity index (χ0) is 19.1. The fourth-order valence-electron chi connectivity index (χ4n) is 3.85. The summed E-state index contributed by atoms with van der Waals surface area (Å²) in [6.45, 7) is 7.35. The highest BCUT2D eigenvalue weighted by atomic mass is 16.4. The molecule has 2 unspecified atom stereocenters. The highest BCUT2D eigenvalue weighted by Crippen LogP contribution is 2.25. The summed E-state index contributed by atoms with van der Waals surface area (Å²) in [6, 6.07) is -0.0748. The van der Waals surface area contributed by atoms with Gasteiger partial charge in [-0.05, 0) is 43.9 Å². The van der Waals surface area contributed by atoms with E-state index in [4.69, 9.17) is 5.11 Å². The molecule has 2 atom stereocenters. The van der Waals surface area contributed by atoms with Crippen molar-refractivity contribution in [3.63, 3.8) is 0 Å². The number of hydrogen-bond donors (Lipinski definition) is 2. The molecule has 2 fully saturated rings. The Morgan fingerprint density at radius 2 is 1.77 bits per heavy atom. The van der Waals surface area contributed by atoms with Gasteiger partial charge in [-0.15, -0.1) is 0 Å². The summed E-state index contributed by atoms with van der Waals surface area (Å²) in [7, 11) is 0. The van der Waals surface area contributed by atoms with Crippen molar-refractivity contribution in [2.24, 2.45) is 17.8 Å². The van der Waals surface area contributed by atoms with Gasteiger partial charge in [-0.1, -0.05) is 13.8 Å². The Balaban J connectivity index is 1.85. The molecule has 7 heteroatoms. The number of aliphatic carboxylic acids is 1. The predicted octanol–water partition coefficient (Wildman–Crippen LogP) is 2.17. The molecule has 0 bridgehead atoms. The van der Waals surface area contributed by atoms with Crippen LogP contribution in [-0.2, 0) is 9.59 Å². The topological polar surface area (TPSA) is 90.0 Å². The van der Waals surface area contributed by atoms with Gasteiger partial charge in [0, 0.05) is 39.1 Å². The number of nitrogens with zero attached hydrogens (tertiary/aromatic N) is 2. The number of carboxylic acid groups (broad SMARTS) is 1. The number of piperidine rings is 2. The highest BCUT2D eigenvalue weighted by molar-refractivity contribution is 5.81. The zero-order valence-corrected chi connectivity index (χ0v) is 16.1. The smallest absolute Gasteiger partial charge is 0.317 e. The predicted molar refractivity (Wildman–Crippen MR) is 98.7 cm³/mol. The van der Waals surface area contributed by atoms with Crippen molar-refractivity contribution in [3.05, 3.63) is 0 Å². The van der Waals surface area contributed by atoms with Crippen molar-refractivity contribution < 1.29 is 19.5 Å². The lowest BCUT2D eigenvalue weighted by Crippen LogP contribution is -2.51. The van der Waals surface area contributed by atoms with Gasteiger partial charge < -0.3 is 20.2 Å². The quantitative estimate of drug-likeness (QED) is 0.753. The molecule has 148 valence electrons. The normalized spacial score (nSPS) is 23.8. The summed E-state index contributed by atoms with van der Waals surface area (Å²) in [5.74, 6) is -0.1000. The average Bonchev–Trinajstić information content (AvgIpc) is 2.64. The van der Waals surface area contributed by atoms with E-state index >= 15 is 0 Å². The summed E-state index contributed by atoms with van der Waals surface area (Å²) in [6.07, 6.45) is 4.39. The maximum Gasteiger partial charge on any atom is 0.317 e. The molecule has 7 nitrogen and oxygen atoms in total. The summed E-state index contributed by atoms with van der Waals surface area (Å²) in [5, 5.41) is 11.8. The second-order valence-corrected chi connectivity index (χ2v) is 8.09. The van der Waals surface area contributed by atoms with Gasteiger partial charge in [-0.25, -0.2) is 4.79 Å². The van der Waals surface area contributed by atoms with Crippen molar-refractivity contribution in [2.45, 2.75) is 52.4 Å². The maximum atomic E-state index is 12.9. The molecule has 0 aromatic heterocycles. The molecule has 2 aliphatic heterocycles. The van der Waals surface area contributed by atoms with Gasteiger partial charge >= 0.3 is 12.0 Å². The van der Waals surface area contributed by atoms with Gasteiger partial charge in [0.25, 0.3) is 0 Å². The Labute approximate surface area is 156 Å². The van der Waals surface area contributed by atoms with Crippen LogP contribution in [0, 0.1) is 17.8 Å². The molecule has 3 amide bonds. The molecule has 0 aromatic rings. The Hall–Kier alpha value is -1.79. The third-order valence-electron chi connectivity index (χ3n) is 5.32. The highest BCUT2D eigenvalue weighted by Gasteiger charge is 2.33. The van der Waals surface area contributed by atoms with Gasteiger partial charge in [-0.2, -0.15) is 0 Å². The lowest BCUT2D eigenvalue weighted by atomic mass is 9.91. The van der Waals surface area contributed by atoms with Gasteiger partial charge in [0.15, 0.2) is 0 Å². The molecule has 0 spiro atoms. The average molecular weight is 367 g/mol. The number of likely N-dealkylation sites (tertiary alicyclic amines) is 2. The lowest BCUT2D eigenvalue weighted by Gasteiger charge is -2.38. The van der Waals surface area contributed by atoms with Crippen LogP contribution in [0.25, 0.3) is 0 Å². The van der Waals surface area contributed by atoms with Crippen LogP contribution in [0.15, 0.2) is 0 Å². The molecule has 2 N–H and O–H groups in total. The van der Waals surface area contributed by atoms with E-state index in [-0.39, 0.29) is 30.2 Å². The van der Waals surface area contributed by atoms with Gasteiger partial charge in [0.05, 0.1) is 5.92 Å². The zero-order valence-electron chi connectivity index (χ0n) is 16.1. The monoisotopic (exact) mass is 367 g/mol. The Kier molecular flexibility index (Phi) is 7.72. The third kappa shape index (κ3) is 6.18. The Morgan fingerprint density at radius 1 is 1.08 bits per heavy atom. The largest absolute Gasteiger partial charge is 0.481 e. The first-order valence-corrected chi connectivity index (χ1v) is 9.90. The van der Waals surface area contributed by atoms with Gasteiger partial charge in [0.1, 0.15) is 0 Å². The molecule has 2 saturated heterocycles. The minimum absolute atomic E-state index is 0.0748. The first kappa shape index (κ1) is 20.5. The minimum atomic E-state index is -0.774. The van der Waals surface area contributed by atoms with E-state index < -0.39 is 5.97 Å². The van der Waals surface area contributed by atoms with Crippen molar-refractivity contribution in [2.75, 3.05) is 32.7 Å². The van der Waals surface area contributed by atoms with Crippen LogP contribution in [0.1, 0.15) is 52.4 Å². The van der Waals surface area contributed by atoms with Gasteiger partial charge in [0.2, 0.25) is 5.91 Å². The van der Waals surface area contributed by atoms with Crippen LogP contribution < -0.4 is 5.32 Å². The Morgan fingerprint density at radius 3 is 2.46 bits per heavy atom. The van der Waals surface area contributed by atoms with Crippen LogP contribution >= 0.6 is 0 Å². The van der Waals surface area contributed by atoms with E-state index in [1.165, 1.54) is 0 Å². The van der Waals surface area contributed by atoms with Crippen LogP contribution in [0.4, 0.5) is 4.79 Å². The van der Waals surface area contributed by atoms with Crippen molar-refractivity contribution in [1.82, 2.24) is 15.1 Å². The molecule has 2 heterocycles. The molecule has 2 aliphatic rings. The van der Waals surface area contributed by atoms with Crippen molar-refractivity contribution in [3.8, 4) is 0 Å². The second kappa shape index (κ2) is 9.78. The van der Waals surface area contributed by atoms with E-state index in [0.717, 1.165) is 32.2 Å². The summed E-state index contributed by atoms with van der Waals surface area (Å²) >= 11 is 0. The van der Waals surface area contributed by atoms with Crippen LogP contribution in [0.2, 0.25) is 0 Å². The summed E-state index contributed by atoms with van der Waals surface area (Å²) in [4.78, 5) is 39.6. The minimum Gasteiger partial charge on any atom is -0.481 e. The molecular formula is C19H33N3O4. The first-order chi connectivity index (χ1) is 12.4. The fourth-order valence-corrected chi connectivity index (χ4v) is 3.85. The van der Waals surface area contributed by atoms with Crippen LogP contribution in [-0.4, -0.2) is 65.5 Å². The number of hydrogen-bond acceptors (Lipinski definition) is 3. The summed E-state index contributed by atoms with van der Waals surface area (Å²) < 4.78 is 0. The number of nitrogens with one attached hydrogen (secondary N) is 1. The van der Waals surface area contributed by atoms with Crippen molar-refractivity contribution >= 4 is 17.9 Å². The van der Waals surface area contributed by atoms with Crippen LogP contribution in [0.5, 0.6) is 0 Å². The van der Waals surface area contributed by atoms with Gasteiger partial charge in [-0.3, -0.25) is 9.59 Å². The SMILES string of the molecule is CC(C)CNC(=O)N1CCCC(C(=O)N2CCCC(CCC(=O)O)C2)C1. The summed E-state index contributed by atoms with van der Waals surface area (Å²) in [5.41, 5.74) is 0. The van der Waals surface area contributed by atoms with Crippen molar-refractivity contribution in [1.29, 1.82) is 0 Å². The molecule has 0 aromatic carbocycles. The van der Waals surface area contributed by atoms with E-state index in [1.54, 1.807) is 4.90 Å². The number of carbonyl (C=O) groups excluding carboxylic acids is 2. The maximum absolute atomic E-state index is 12.9.